The van der Waals surface area contributed by atoms with Crippen molar-refractivity contribution in [3.63, 3.8) is 0 Å². The minimum absolute atomic E-state index is 0.0744. The molecule has 2 aliphatic rings. The zero-order chi connectivity index (χ0) is 13.8. The Labute approximate surface area is 120 Å². The van der Waals surface area contributed by atoms with E-state index in [2.05, 4.69) is 38.7 Å². The molecule has 2 heterocycles. The molecule has 1 fully saturated rings. The van der Waals surface area contributed by atoms with Crippen LogP contribution in [-0.2, 0) is 11.3 Å². The van der Waals surface area contributed by atoms with Crippen molar-refractivity contribution in [2.75, 3.05) is 26.2 Å². The van der Waals surface area contributed by atoms with Crippen LogP contribution in [-0.4, -0.2) is 45.9 Å². The van der Waals surface area contributed by atoms with Crippen molar-refractivity contribution < 1.29 is 4.74 Å². The van der Waals surface area contributed by atoms with Crippen molar-refractivity contribution in [3.8, 4) is 0 Å². The van der Waals surface area contributed by atoms with Gasteiger partial charge < -0.3 is 9.30 Å². The third-order valence-corrected chi connectivity index (χ3v) is 4.32. The molecule has 1 saturated heterocycles. The molecular formula is C15H24N4O. The average Bonchev–Trinajstić information content (AvgIpc) is 2.97. The summed E-state index contributed by atoms with van der Waals surface area (Å²) in [6.07, 6.45) is 10.3. The van der Waals surface area contributed by atoms with Gasteiger partial charge in [-0.25, -0.2) is 0 Å². The van der Waals surface area contributed by atoms with E-state index in [1.807, 2.05) is 0 Å². The van der Waals surface area contributed by atoms with Crippen LogP contribution >= 0.6 is 0 Å². The van der Waals surface area contributed by atoms with Gasteiger partial charge in [0, 0.05) is 26.2 Å². The highest BCUT2D eigenvalue weighted by atomic mass is 16.5. The lowest BCUT2D eigenvalue weighted by atomic mass is 9.93. The summed E-state index contributed by atoms with van der Waals surface area (Å²) < 4.78 is 7.99. The highest BCUT2D eigenvalue weighted by molar-refractivity contribution is 4.96. The zero-order valence-electron chi connectivity index (χ0n) is 12.2. The standard InChI is InChI=1S/C15H24N4O/c1-2-19-12-16-17-15(19)14-11-18(8-9-20-14)10-13-6-4-3-5-7-13/h3-4,12-14H,2,5-11H2,1H3/t13-,14+/m1/s1. The summed E-state index contributed by atoms with van der Waals surface area (Å²) in [5, 5.41) is 8.26. The summed E-state index contributed by atoms with van der Waals surface area (Å²) in [4.78, 5) is 2.53. The Hall–Kier alpha value is -1.20. The average molecular weight is 276 g/mol. The summed E-state index contributed by atoms with van der Waals surface area (Å²) in [6.45, 7) is 6.97. The summed E-state index contributed by atoms with van der Waals surface area (Å²) in [5.41, 5.74) is 0. The lowest BCUT2D eigenvalue weighted by molar-refractivity contribution is -0.0406. The molecule has 5 nitrogen and oxygen atoms in total. The molecule has 0 unspecified atom stereocenters. The first-order chi connectivity index (χ1) is 9.86. The number of aryl methyl sites for hydroxylation is 1. The Balaban J connectivity index is 1.60. The van der Waals surface area contributed by atoms with Crippen molar-refractivity contribution in [2.45, 2.75) is 38.8 Å². The SMILES string of the molecule is CCn1cnnc1[C@@H]1CN(C[C@@H]2CC=CCC2)CCO1. The van der Waals surface area contributed by atoms with E-state index in [-0.39, 0.29) is 6.10 Å². The monoisotopic (exact) mass is 276 g/mol. The van der Waals surface area contributed by atoms with E-state index in [1.165, 1.54) is 25.8 Å². The maximum absolute atomic E-state index is 5.91. The highest BCUT2D eigenvalue weighted by Crippen LogP contribution is 2.24. The van der Waals surface area contributed by atoms with Crippen LogP contribution in [0.1, 0.15) is 38.1 Å². The van der Waals surface area contributed by atoms with Crippen LogP contribution in [0.4, 0.5) is 0 Å². The number of nitrogens with zero attached hydrogens (tertiary/aromatic N) is 4. The van der Waals surface area contributed by atoms with Gasteiger partial charge in [-0.05, 0) is 32.1 Å². The van der Waals surface area contributed by atoms with Crippen molar-refractivity contribution in [3.05, 3.63) is 24.3 Å². The molecule has 1 aromatic rings. The van der Waals surface area contributed by atoms with Crippen molar-refractivity contribution in [2.24, 2.45) is 5.92 Å². The Morgan fingerprint density at radius 1 is 1.40 bits per heavy atom. The third kappa shape index (κ3) is 3.10. The molecule has 0 N–H and O–H groups in total. The van der Waals surface area contributed by atoms with Gasteiger partial charge in [0.1, 0.15) is 12.4 Å². The van der Waals surface area contributed by atoms with Gasteiger partial charge in [-0.15, -0.1) is 10.2 Å². The molecule has 0 amide bonds. The topological polar surface area (TPSA) is 43.2 Å². The van der Waals surface area contributed by atoms with Gasteiger partial charge in [0.25, 0.3) is 0 Å². The third-order valence-electron chi connectivity index (χ3n) is 4.32. The molecule has 0 aromatic carbocycles. The van der Waals surface area contributed by atoms with E-state index >= 15 is 0 Å². The van der Waals surface area contributed by atoms with Gasteiger partial charge in [0.15, 0.2) is 5.82 Å². The Morgan fingerprint density at radius 2 is 2.35 bits per heavy atom. The Kier molecular flexibility index (Phi) is 4.47. The molecule has 0 radical (unpaired) electrons. The summed E-state index contributed by atoms with van der Waals surface area (Å²) in [5.74, 6) is 1.78. The predicted octanol–water partition coefficient (Wildman–Crippen LogP) is 2.03. The molecule has 0 spiro atoms. The summed E-state index contributed by atoms with van der Waals surface area (Å²) >= 11 is 0. The Morgan fingerprint density at radius 3 is 3.15 bits per heavy atom. The number of hydrogen-bond acceptors (Lipinski definition) is 4. The lowest BCUT2D eigenvalue weighted by Gasteiger charge is -2.35. The van der Waals surface area contributed by atoms with Crippen LogP contribution in [0.25, 0.3) is 0 Å². The van der Waals surface area contributed by atoms with Crippen molar-refractivity contribution in [1.82, 2.24) is 19.7 Å². The molecular weight excluding hydrogens is 252 g/mol. The van der Waals surface area contributed by atoms with Crippen LogP contribution < -0.4 is 0 Å². The van der Waals surface area contributed by atoms with Gasteiger partial charge in [-0.3, -0.25) is 4.90 Å². The molecule has 2 atom stereocenters. The number of morpholine rings is 1. The Bertz CT molecular complexity index is 456. The highest BCUT2D eigenvalue weighted by Gasteiger charge is 2.27. The normalized spacial score (nSPS) is 27.9. The largest absolute Gasteiger partial charge is 0.368 e. The van der Waals surface area contributed by atoms with Crippen molar-refractivity contribution >= 4 is 0 Å². The van der Waals surface area contributed by atoms with Crippen LogP contribution in [0.3, 0.4) is 0 Å². The van der Waals surface area contributed by atoms with E-state index in [0.717, 1.165) is 38.0 Å². The van der Waals surface area contributed by atoms with E-state index in [0.29, 0.717) is 0 Å². The van der Waals surface area contributed by atoms with Crippen LogP contribution in [0.5, 0.6) is 0 Å². The smallest absolute Gasteiger partial charge is 0.163 e. The number of rotatable bonds is 4. The number of ether oxygens (including phenoxy) is 1. The van der Waals surface area contributed by atoms with Gasteiger partial charge in [0.05, 0.1) is 6.61 Å². The predicted molar refractivity (Wildman–Crippen MR) is 77.3 cm³/mol. The fourth-order valence-corrected chi connectivity index (χ4v) is 3.17. The van der Waals surface area contributed by atoms with Crippen LogP contribution in [0, 0.1) is 5.92 Å². The van der Waals surface area contributed by atoms with Gasteiger partial charge >= 0.3 is 0 Å². The number of allylic oxidation sites excluding steroid dienone is 2. The minimum atomic E-state index is 0.0744. The molecule has 1 aliphatic carbocycles. The van der Waals surface area contributed by atoms with E-state index in [1.54, 1.807) is 6.33 Å². The van der Waals surface area contributed by atoms with E-state index < -0.39 is 0 Å². The second kappa shape index (κ2) is 6.50. The second-order valence-corrected chi connectivity index (χ2v) is 5.74. The lowest BCUT2D eigenvalue weighted by Crippen LogP contribution is -2.41. The molecule has 1 aromatic heterocycles. The maximum atomic E-state index is 5.91. The van der Waals surface area contributed by atoms with Gasteiger partial charge in [0.2, 0.25) is 0 Å². The second-order valence-electron chi connectivity index (χ2n) is 5.74. The summed E-state index contributed by atoms with van der Waals surface area (Å²) in [6, 6.07) is 0. The van der Waals surface area contributed by atoms with Gasteiger partial charge in [-0.2, -0.15) is 0 Å². The molecule has 20 heavy (non-hydrogen) atoms. The number of hydrogen-bond donors (Lipinski definition) is 0. The minimum Gasteiger partial charge on any atom is -0.368 e. The molecule has 5 heteroatoms. The first-order valence-corrected chi connectivity index (χ1v) is 7.73. The first-order valence-electron chi connectivity index (χ1n) is 7.73. The molecule has 0 bridgehead atoms. The quantitative estimate of drug-likeness (QED) is 0.789. The fraction of sp³-hybridized carbons (Fsp3) is 0.733. The zero-order valence-corrected chi connectivity index (χ0v) is 12.2. The van der Waals surface area contributed by atoms with E-state index in [9.17, 15) is 0 Å². The van der Waals surface area contributed by atoms with Crippen LogP contribution in [0.2, 0.25) is 0 Å². The molecule has 3 rings (SSSR count). The van der Waals surface area contributed by atoms with Crippen LogP contribution in [0.15, 0.2) is 18.5 Å². The van der Waals surface area contributed by atoms with E-state index in [4.69, 9.17) is 4.74 Å². The number of aromatic nitrogens is 3. The molecule has 110 valence electrons. The molecule has 0 saturated carbocycles. The fourth-order valence-electron chi connectivity index (χ4n) is 3.17. The summed E-state index contributed by atoms with van der Waals surface area (Å²) in [7, 11) is 0. The first kappa shape index (κ1) is 13.8. The van der Waals surface area contributed by atoms with Crippen molar-refractivity contribution in [1.29, 1.82) is 0 Å². The molecule has 1 aliphatic heterocycles. The maximum Gasteiger partial charge on any atom is 0.163 e. The van der Waals surface area contributed by atoms with Gasteiger partial charge in [-0.1, -0.05) is 12.2 Å².